The lowest BCUT2D eigenvalue weighted by molar-refractivity contribution is -0.0673. The number of benzene rings is 4. The first-order valence-electron chi connectivity index (χ1n) is 16.6. The quantitative estimate of drug-likeness (QED) is 0.147. The van der Waals surface area contributed by atoms with Gasteiger partial charge >= 0.3 is 23.6 Å². The van der Waals surface area contributed by atoms with E-state index in [1.807, 2.05) is 0 Å². The van der Waals surface area contributed by atoms with Crippen LogP contribution in [0.5, 0.6) is 5.75 Å². The van der Waals surface area contributed by atoms with Crippen molar-refractivity contribution in [3.63, 3.8) is 0 Å². The van der Waals surface area contributed by atoms with E-state index < -0.39 is 60.3 Å². The number of hydrogen-bond acceptors (Lipinski definition) is 13. The Morgan fingerprint density at radius 1 is 0.704 bits per heavy atom. The number of fused-ring (bicyclic) bond motifs is 1. The number of carbonyl (C=O) groups is 3. The average Bonchev–Trinajstić information content (AvgIpc) is 3.55. The molecule has 1 saturated heterocycles. The van der Waals surface area contributed by atoms with Crippen LogP contribution >= 0.6 is 0 Å². The van der Waals surface area contributed by atoms with Gasteiger partial charge in [-0.3, -0.25) is 9.36 Å². The Kier molecular flexibility index (Phi) is 10.0. The van der Waals surface area contributed by atoms with Crippen molar-refractivity contribution in [3.8, 4) is 28.7 Å². The molecule has 0 spiro atoms. The molecule has 1 fully saturated rings. The van der Waals surface area contributed by atoms with E-state index >= 15 is 0 Å². The molecule has 7 rings (SSSR count). The molecule has 272 valence electrons. The molecule has 0 radical (unpaired) electrons. The molecule has 3 aliphatic heterocycles. The highest BCUT2D eigenvalue weighted by atomic mass is 16.7. The molecule has 54 heavy (non-hydrogen) atoms. The van der Waals surface area contributed by atoms with Crippen LogP contribution in [0.4, 0.5) is 0 Å². The second-order valence-electron chi connectivity index (χ2n) is 12.0. The van der Waals surface area contributed by atoms with Crippen LogP contribution in [0.2, 0.25) is 0 Å². The van der Waals surface area contributed by atoms with Crippen molar-refractivity contribution in [2.75, 3.05) is 13.7 Å². The summed E-state index contributed by atoms with van der Waals surface area (Å²) in [4.78, 5) is 75.5. The summed E-state index contributed by atoms with van der Waals surface area (Å²) in [5.41, 5.74) is -0.932. The molecule has 3 aliphatic rings. The van der Waals surface area contributed by atoms with Crippen molar-refractivity contribution in [1.29, 1.82) is 0 Å². The monoisotopic (exact) mass is 729 g/mol. The van der Waals surface area contributed by atoms with Crippen molar-refractivity contribution < 1.29 is 38.1 Å². The van der Waals surface area contributed by atoms with Crippen molar-refractivity contribution in [1.82, 2.24) is 24.3 Å². The molecule has 0 bridgehead atoms. The number of methoxy groups -OCH3 is 1. The molecule has 0 aromatic heterocycles. The highest BCUT2D eigenvalue weighted by molar-refractivity contribution is 5.91. The number of carbonyl (C=O) groups excluding carboxylic acids is 3. The first-order valence-corrected chi connectivity index (χ1v) is 16.6. The lowest BCUT2D eigenvalue weighted by atomic mass is 10.1. The molecule has 0 amide bonds. The highest BCUT2D eigenvalue weighted by Gasteiger charge is 2.52. The van der Waals surface area contributed by atoms with Crippen molar-refractivity contribution in [3.05, 3.63) is 153 Å². The van der Waals surface area contributed by atoms with Crippen molar-refractivity contribution in [2.45, 2.75) is 24.5 Å². The Hall–Kier alpha value is -7.00. The van der Waals surface area contributed by atoms with Gasteiger partial charge in [0.2, 0.25) is 0 Å². The summed E-state index contributed by atoms with van der Waals surface area (Å²) in [5.74, 6) is -2.06. The summed E-state index contributed by atoms with van der Waals surface area (Å²) in [6.45, 7) is -0.479. The number of hydrogen-bond donors (Lipinski definition) is 0. The summed E-state index contributed by atoms with van der Waals surface area (Å²) in [7, 11) is 2.76. The fourth-order valence-corrected chi connectivity index (χ4v) is 5.79. The molecule has 0 unspecified atom stereocenters. The van der Waals surface area contributed by atoms with Crippen molar-refractivity contribution >= 4 is 17.9 Å². The zero-order valence-corrected chi connectivity index (χ0v) is 28.8. The minimum absolute atomic E-state index is 0.0104. The van der Waals surface area contributed by atoms with Crippen LogP contribution in [-0.2, 0) is 26.0 Å². The largest absolute Gasteiger partial charge is 0.497 e. The SMILES string of the molecule is COc1ccc(-c2nc3c(=O)n(C)c(=O)nc-3n([C@@H]3O[C@H](COC(=O)c4ccccc4)[C@@H](OC(=O)c4ccccc4)[C@H]3OC(=O)c3ccccc3)n2)cc1. The fourth-order valence-electron chi connectivity index (χ4n) is 5.79. The van der Waals surface area contributed by atoms with Gasteiger partial charge in [0.25, 0.3) is 5.56 Å². The van der Waals surface area contributed by atoms with Gasteiger partial charge in [0.15, 0.2) is 35.8 Å². The summed E-state index contributed by atoms with van der Waals surface area (Å²) in [6, 6.07) is 31.0. The van der Waals surface area contributed by atoms with Gasteiger partial charge < -0.3 is 23.7 Å². The standard InChI is InChI=1S/C39H31N5O10/c1-43-34(45)29-33(41-39(43)49)44(42-32(40-29)23-18-20-27(50-2)21-19-23)35-31(54-38(48)26-16-10-5-11-17-26)30(53-37(47)25-14-8-4-9-15-25)28(52-35)22-51-36(46)24-12-6-3-7-13-24/h3-21,28,30-31,35H,22H2,1-2H3/t28-,30-,31-,35-/m1/s1. The van der Waals surface area contributed by atoms with Gasteiger partial charge in [-0.25, -0.2) is 28.8 Å². The van der Waals surface area contributed by atoms with E-state index in [0.29, 0.717) is 11.3 Å². The third-order valence-corrected chi connectivity index (χ3v) is 8.61. The first kappa shape index (κ1) is 35.4. The summed E-state index contributed by atoms with van der Waals surface area (Å²) >= 11 is 0. The van der Waals surface area contributed by atoms with Crippen LogP contribution in [0.25, 0.3) is 22.9 Å². The Bertz CT molecular complexity index is 2390. The maximum atomic E-state index is 13.7. The van der Waals surface area contributed by atoms with Crippen LogP contribution in [-0.4, -0.2) is 74.3 Å². The number of ether oxygens (including phenoxy) is 5. The molecule has 4 atom stereocenters. The molecule has 0 N–H and O–H groups in total. The lowest BCUT2D eigenvalue weighted by Crippen LogP contribution is -2.42. The topological polar surface area (TPSA) is 180 Å². The predicted octanol–water partition coefficient (Wildman–Crippen LogP) is 3.72. The molecule has 15 heteroatoms. The Balaban J connectivity index is 1.37. The minimum atomic E-state index is -1.52. The van der Waals surface area contributed by atoms with Gasteiger partial charge in [0, 0.05) is 12.6 Å². The van der Waals surface area contributed by atoms with E-state index in [-0.39, 0.29) is 34.0 Å². The fraction of sp³-hybridized carbons (Fsp3) is 0.179. The lowest BCUT2D eigenvalue weighted by Gasteiger charge is -2.26. The third kappa shape index (κ3) is 7.20. The van der Waals surface area contributed by atoms with Crippen LogP contribution in [0.1, 0.15) is 37.3 Å². The van der Waals surface area contributed by atoms with E-state index in [4.69, 9.17) is 23.7 Å². The van der Waals surface area contributed by atoms with E-state index in [2.05, 4.69) is 15.1 Å². The minimum Gasteiger partial charge on any atom is -0.497 e. The summed E-state index contributed by atoms with van der Waals surface area (Å²) < 4.78 is 31.3. The van der Waals surface area contributed by atoms with E-state index in [0.717, 1.165) is 9.25 Å². The summed E-state index contributed by atoms with van der Waals surface area (Å²) in [6.07, 6.45) is -5.74. The normalized spacial score (nSPS) is 17.8. The third-order valence-electron chi connectivity index (χ3n) is 8.61. The van der Waals surface area contributed by atoms with Crippen molar-refractivity contribution in [2.24, 2.45) is 7.05 Å². The van der Waals surface area contributed by atoms with E-state index in [1.54, 1.807) is 91.0 Å². The molecule has 3 heterocycles. The Labute approximate surface area is 306 Å². The molecule has 4 aromatic carbocycles. The van der Waals surface area contributed by atoms with Gasteiger partial charge in [-0.2, -0.15) is 4.98 Å². The van der Waals surface area contributed by atoms with Crippen LogP contribution in [0.15, 0.2) is 125 Å². The number of rotatable bonds is 10. The van der Waals surface area contributed by atoms with Crippen LogP contribution in [0, 0.1) is 0 Å². The Morgan fingerprint density at radius 2 is 1.24 bits per heavy atom. The summed E-state index contributed by atoms with van der Waals surface area (Å²) in [5, 5.41) is 4.65. The second kappa shape index (κ2) is 15.3. The maximum Gasteiger partial charge on any atom is 0.352 e. The number of nitrogens with zero attached hydrogens (tertiary/aromatic N) is 5. The average molecular weight is 730 g/mol. The highest BCUT2D eigenvalue weighted by Crippen LogP contribution is 2.37. The second-order valence-corrected chi connectivity index (χ2v) is 12.0. The van der Waals surface area contributed by atoms with E-state index in [1.165, 1.54) is 38.4 Å². The molecule has 0 saturated carbocycles. The molecule has 15 nitrogen and oxygen atoms in total. The molecular formula is C39H31N5O10. The molecule has 4 aromatic rings. The van der Waals surface area contributed by atoms with E-state index in [9.17, 15) is 24.0 Å². The Morgan fingerprint density at radius 3 is 1.80 bits per heavy atom. The van der Waals surface area contributed by atoms with Gasteiger partial charge in [0.1, 0.15) is 18.5 Å². The molecular weight excluding hydrogens is 698 g/mol. The number of esters is 3. The van der Waals surface area contributed by atoms with Gasteiger partial charge in [-0.15, -0.1) is 5.10 Å². The van der Waals surface area contributed by atoms with Gasteiger partial charge in [0.05, 0.1) is 23.8 Å². The first-order chi connectivity index (χ1) is 26.2. The van der Waals surface area contributed by atoms with Gasteiger partial charge in [-0.05, 0) is 60.7 Å². The van der Waals surface area contributed by atoms with Crippen LogP contribution < -0.4 is 16.0 Å². The molecule has 0 aliphatic carbocycles. The maximum absolute atomic E-state index is 13.7. The predicted molar refractivity (Wildman–Crippen MR) is 190 cm³/mol. The van der Waals surface area contributed by atoms with Crippen LogP contribution in [0.3, 0.4) is 0 Å². The smallest absolute Gasteiger partial charge is 0.352 e. The zero-order valence-electron chi connectivity index (χ0n) is 28.8. The number of aromatic nitrogens is 5. The zero-order chi connectivity index (χ0) is 37.8. The van der Waals surface area contributed by atoms with Gasteiger partial charge in [-0.1, -0.05) is 54.6 Å².